The fourth-order valence-electron chi connectivity index (χ4n) is 2.27. The molecule has 0 heterocycles. The summed E-state index contributed by atoms with van der Waals surface area (Å²) in [5, 5.41) is 10.6. The first-order valence-corrected chi connectivity index (χ1v) is 6.64. The lowest BCUT2D eigenvalue weighted by Gasteiger charge is -2.37. The predicted molar refractivity (Wildman–Crippen MR) is 71.4 cm³/mol. The summed E-state index contributed by atoms with van der Waals surface area (Å²) in [4.78, 5) is 11.9. The Morgan fingerprint density at radius 3 is 2.22 bits per heavy atom. The van der Waals surface area contributed by atoms with Crippen molar-refractivity contribution in [3.8, 4) is 0 Å². The van der Waals surface area contributed by atoms with Gasteiger partial charge >= 0.3 is 5.97 Å². The minimum Gasteiger partial charge on any atom is -0.466 e. The monoisotopic (exact) mass is 260 g/mol. The Hall–Kier alpha value is -0.610. The predicted octanol–water partition coefficient (Wildman–Crippen LogP) is 2.53. The minimum absolute atomic E-state index is 0.323. The van der Waals surface area contributed by atoms with Crippen LogP contribution in [0.5, 0.6) is 0 Å². The third-order valence-electron chi connectivity index (χ3n) is 3.24. The van der Waals surface area contributed by atoms with Gasteiger partial charge in [0.25, 0.3) is 0 Å². The molecule has 1 N–H and O–H groups in total. The maximum absolute atomic E-state index is 11.9. The van der Waals surface area contributed by atoms with Crippen molar-refractivity contribution in [1.29, 1.82) is 0 Å². The highest BCUT2D eigenvalue weighted by Crippen LogP contribution is 2.32. The first-order valence-electron chi connectivity index (χ1n) is 6.64. The van der Waals surface area contributed by atoms with Crippen molar-refractivity contribution in [1.82, 2.24) is 0 Å². The molecule has 18 heavy (non-hydrogen) atoms. The van der Waals surface area contributed by atoms with Crippen molar-refractivity contribution >= 4 is 5.97 Å². The molecule has 0 aliphatic rings. The van der Waals surface area contributed by atoms with Crippen molar-refractivity contribution < 1.29 is 19.4 Å². The van der Waals surface area contributed by atoms with E-state index in [1.165, 1.54) is 0 Å². The number of methoxy groups -OCH3 is 1. The second kappa shape index (κ2) is 7.10. The van der Waals surface area contributed by atoms with Gasteiger partial charge in [-0.3, -0.25) is 4.79 Å². The van der Waals surface area contributed by atoms with Gasteiger partial charge in [0.05, 0.1) is 23.7 Å². The van der Waals surface area contributed by atoms with Crippen LogP contribution in [0.1, 0.15) is 53.9 Å². The van der Waals surface area contributed by atoms with E-state index < -0.39 is 17.1 Å². The highest BCUT2D eigenvalue weighted by molar-refractivity contribution is 5.73. The smallest absolute Gasteiger partial charge is 0.311 e. The number of rotatable bonds is 8. The maximum Gasteiger partial charge on any atom is 0.311 e. The number of carbonyl (C=O) groups is 1. The summed E-state index contributed by atoms with van der Waals surface area (Å²) in [5.41, 5.74) is -1.59. The van der Waals surface area contributed by atoms with E-state index in [4.69, 9.17) is 9.47 Å². The summed E-state index contributed by atoms with van der Waals surface area (Å²) in [6.07, 6.45) is 1.83. The molecule has 4 heteroatoms. The topological polar surface area (TPSA) is 55.8 Å². The van der Waals surface area contributed by atoms with Crippen molar-refractivity contribution in [3.63, 3.8) is 0 Å². The van der Waals surface area contributed by atoms with Gasteiger partial charge in [0.15, 0.2) is 0 Å². The van der Waals surface area contributed by atoms with E-state index in [9.17, 15) is 9.90 Å². The molecule has 0 aromatic heterocycles. The number of ether oxygens (including phenoxy) is 2. The summed E-state index contributed by atoms with van der Waals surface area (Å²) < 4.78 is 10.4. The molecular formula is C14H28O4. The molecule has 0 fully saturated rings. The third kappa shape index (κ3) is 5.36. The van der Waals surface area contributed by atoms with Crippen LogP contribution in [0.15, 0.2) is 0 Å². The summed E-state index contributed by atoms with van der Waals surface area (Å²) in [6.45, 7) is 9.58. The average molecular weight is 260 g/mol. The lowest BCUT2D eigenvalue weighted by atomic mass is 9.78. The van der Waals surface area contributed by atoms with Crippen LogP contribution in [0.4, 0.5) is 0 Å². The summed E-state index contributed by atoms with van der Waals surface area (Å²) >= 11 is 0. The number of esters is 1. The zero-order chi connectivity index (χ0) is 14.4. The van der Waals surface area contributed by atoms with E-state index in [0.717, 1.165) is 6.42 Å². The van der Waals surface area contributed by atoms with E-state index in [2.05, 4.69) is 0 Å². The van der Waals surface area contributed by atoms with E-state index in [-0.39, 0.29) is 5.97 Å². The molecule has 0 saturated carbocycles. The number of hydrogen-bond donors (Lipinski definition) is 1. The van der Waals surface area contributed by atoms with Gasteiger partial charge in [0.2, 0.25) is 0 Å². The molecule has 0 aliphatic carbocycles. The van der Waals surface area contributed by atoms with Gasteiger partial charge in [-0.15, -0.1) is 0 Å². The molecule has 108 valence electrons. The average Bonchev–Trinajstić information content (AvgIpc) is 2.24. The second-order valence-electron chi connectivity index (χ2n) is 5.59. The molecule has 0 aromatic carbocycles. The quantitative estimate of drug-likeness (QED) is 0.681. The second-order valence-corrected chi connectivity index (χ2v) is 5.59. The summed E-state index contributed by atoms with van der Waals surface area (Å²) in [6, 6.07) is 0. The molecule has 0 amide bonds. The standard InChI is InChI=1S/C14H28O4/c1-7-9-11(12(15)18-8-2)14(5,16)10-13(3,4)17-6/h11,16H,7-10H2,1-6H3. The normalized spacial score (nSPS) is 17.1. The highest BCUT2D eigenvalue weighted by atomic mass is 16.5. The Labute approximate surface area is 111 Å². The van der Waals surface area contributed by atoms with E-state index in [0.29, 0.717) is 19.4 Å². The maximum atomic E-state index is 11.9. The number of hydrogen-bond acceptors (Lipinski definition) is 4. The largest absolute Gasteiger partial charge is 0.466 e. The van der Waals surface area contributed by atoms with Crippen molar-refractivity contribution in [2.75, 3.05) is 13.7 Å². The Balaban J connectivity index is 4.90. The molecular weight excluding hydrogens is 232 g/mol. The first kappa shape index (κ1) is 17.4. The van der Waals surface area contributed by atoms with Crippen LogP contribution >= 0.6 is 0 Å². The summed E-state index contributed by atoms with van der Waals surface area (Å²) in [5.74, 6) is -0.826. The number of carbonyl (C=O) groups excluding carboxylic acids is 1. The van der Waals surface area contributed by atoms with Crippen LogP contribution in [0.25, 0.3) is 0 Å². The highest BCUT2D eigenvalue weighted by Gasteiger charge is 2.41. The van der Waals surface area contributed by atoms with Crippen molar-refractivity contribution in [2.24, 2.45) is 5.92 Å². The van der Waals surface area contributed by atoms with Crippen LogP contribution in [-0.2, 0) is 14.3 Å². The van der Waals surface area contributed by atoms with Gasteiger partial charge in [0.1, 0.15) is 0 Å². The Kier molecular flexibility index (Phi) is 6.86. The Morgan fingerprint density at radius 1 is 1.28 bits per heavy atom. The fraction of sp³-hybridized carbons (Fsp3) is 0.929. The van der Waals surface area contributed by atoms with Crippen LogP contribution in [0, 0.1) is 5.92 Å². The van der Waals surface area contributed by atoms with E-state index in [1.807, 2.05) is 20.8 Å². The van der Waals surface area contributed by atoms with Crippen LogP contribution in [0.2, 0.25) is 0 Å². The lowest BCUT2D eigenvalue weighted by Crippen LogP contribution is -2.46. The Bertz CT molecular complexity index is 259. The molecule has 0 radical (unpaired) electrons. The van der Waals surface area contributed by atoms with Crippen LogP contribution in [0.3, 0.4) is 0 Å². The van der Waals surface area contributed by atoms with E-state index in [1.54, 1.807) is 21.0 Å². The molecule has 0 aromatic rings. The molecule has 0 spiro atoms. The van der Waals surface area contributed by atoms with Crippen LogP contribution in [-0.4, -0.2) is 36.0 Å². The third-order valence-corrected chi connectivity index (χ3v) is 3.24. The van der Waals surface area contributed by atoms with Gasteiger partial charge in [0, 0.05) is 13.5 Å². The van der Waals surface area contributed by atoms with Gasteiger partial charge in [-0.25, -0.2) is 0 Å². The zero-order valence-electron chi connectivity index (χ0n) is 12.6. The van der Waals surface area contributed by atoms with Crippen LogP contribution < -0.4 is 0 Å². The molecule has 0 rings (SSSR count). The van der Waals surface area contributed by atoms with Gasteiger partial charge in [-0.1, -0.05) is 13.3 Å². The first-order chi connectivity index (χ1) is 8.20. The lowest BCUT2D eigenvalue weighted by molar-refractivity contribution is -0.162. The van der Waals surface area contributed by atoms with Crippen molar-refractivity contribution in [2.45, 2.75) is 65.1 Å². The molecule has 0 aliphatic heterocycles. The summed E-state index contributed by atoms with van der Waals surface area (Å²) in [7, 11) is 1.61. The SMILES string of the molecule is CCCC(C(=O)OCC)C(C)(O)CC(C)(C)OC. The zero-order valence-corrected chi connectivity index (χ0v) is 12.6. The fourth-order valence-corrected chi connectivity index (χ4v) is 2.27. The van der Waals surface area contributed by atoms with Crippen molar-refractivity contribution in [3.05, 3.63) is 0 Å². The van der Waals surface area contributed by atoms with Gasteiger partial charge in [-0.2, -0.15) is 0 Å². The van der Waals surface area contributed by atoms with Gasteiger partial charge < -0.3 is 14.6 Å². The number of aliphatic hydroxyl groups is 1. The van der Waals surface area contributed by atoms with Gasteiger partial charge in [-0.05, 0) is 34.1 Å². The minimum atomic E-state index is -1.12. The molecule has 4 nitrogen and oxygen atoms in total. The molecule has 0 saturated heterocycles. The molecule has 2 atom stereocenters. The Morgan fingerprint density at radius 2 is 1.83 bits per heavy atom. The van der Waals surface area contributed by atoms with E-state index >= 15 is 0 Å². The molecule has 2 unspecified atom stereocenters. The molecule has 0 bridgehead atoms.